The Bertz CT molecular complexity index is 849. The number of carbonyl (C=O) groups is 2. The maximum atomic E-state index is 13.1. The number of rotatable bonds is 5. The number of nitrogens with one attached hydrogen (secondary N) is 2. The molecule has 2 N–H and O–H groups in total. The zero-order chi connectivity index (χ0) is 21.0. The molecule has 1 aromatic heterocycles. The zero-order valence-corrected chi connectivity index (χ0v) is 17.5. The Balaban J connectivity index is 1.47. The molecule has 8 nitrogen and oxygen atoms in total. The minimum Gasteiger partial charge on any atom is -0.368 e. The van der Waals surface area contributed by atoms with Gasteiger partial charge in [-0.25, -0.2) is 9.18 Å². The summed E-state index contributed by atoms with van der Waals surface area (Å²) in [6, 6.07) is 5.33. The van der Waals surface area contributed by atoms with E-state index in [4.69, 9.17) is 0 Å². The topological polar surface area (TPSA) is 90.5 Å². The molecule has 29 heavy (non-hydrogen) atoms. The van der Waals surface area contributed by atoms with Gasteiger partial charge in [0.2, 0.25) is 11.0 Å². The number of amides is 3. The number of aromatic nitrogens is 2. The first-order valence-corrected chi connectivity index (χ1v) is 10.4. The normalized spacial score (nSPS) is 15.3. The van der Waals surface area contributed by atoms with E-state index in [0.717, 1.165) is 10.7 Å². The first kappa shape index (κ1) is 21.0. The summed E-state index contributed by atoms with van der Waals surface area (Å²) in [7, 11) is 0. The molecular weight excluding hydrogens is 395 g/mol. The molecule has 1 aliphatic heterocycles. The third-order valence-corrected chi connectivity index (χ3v) is 5.80. The molecule has 1 saturated heterocycles. The van der Waals surface area contributed by atoms with E-state index in [-0.39, 0.29) is 23.7 Å². The fourth-order valence-corrected chi connectivity index (χ4v) is 3.64. The van der Waals surface area contributed by atoms with Gasteiger partial charge in [-0.05, 0) is 31.2 Å². The van der Waals surface area contributed by atoms with E-state index in [0.29, 0.717) is 31.3 Å². The van der Waals surface area contributed by atoms with E-state index < -0.39 is 6.04 Å². The van der Waals surface area contributed by atoms with Gasteiger partial charge in [0.15, 0.2) is 0 Å². The minimum absolute atomic E-state index is 0.240. The standard InChI is InChI=1S/C19H25FN6O2S/c1-12(2)17-23-24-18(29-17)22-16(27)13(3)21-19(28)26-10-8-25(9-11-26)15-6-4-14(20)5-7-15/h4-7,12-13H,8-11H2,1-3H3,(H,21,28)(H,22,24,27). The molecule has 3 rings (SSSR count). The van der Waals surface area contributed by atoms with Crippen LogP contribution in [0, 0.1) is 5.82 Å². The Hall–Kier alpha value is -2.75. The molecule has 1 unspecified atom stereocenters. The van der Waals surface area contributed by atoms with E-state index in [1.807, 2.05) is 13.8 Å². The van der Waals surface area contributed by atoms with Crippen LogP contribution in [0.2, 0.25) is 0 Å². The third kappa shape index (κ3) is 5.41. The number of anilines is 2. The Morgan fingerprint density at radius 2 is 1.72 bits per heavy atom. The Labute approximate surface area is 173 Å². The highest BCUT2D eigenvalue weighted by atomic mass is 32.1. The van der Waals surface area contributed by atoms with E-state index in [2.05, 4.69) is 25.7 Å². The second-order valence-corrected chi connectivity index (χ2v) is 8.22. The van der Waals surface area contributed by atoms with Crippen LogP contribution in [0.15, 0.2) is 24.3 Å². The van der Waals surface area contributed by atoms with E-state index >= 15 is 0 Å². The molecule has 2 heterocycles. The molecule has 0 radical (unpaired) electrons. The fourth-order valence-electron chi connectivity index (χ4n) is 2.89. The van der Waals surface area contributed by atoms with Gasteiger partial charge in [0, 0.05) is 37.8 Å². The molecule has 0 bridgehead atoms. The van der Waals surface area contributed by atoms with Gasteiger partial charge < -0.3 is 15.1 Å². The highest BCUT2D eigenvalue weighted by Crippen LogP contribution is 2.22. The number of hydrogen-bond donors (Lipinski definition) is 2. The van der Waals surface area contributed by atoms with E-state index in [1.165, 1.54) is 23.5 Å². The van der Waals surface area contributed by atoms with E-state index in [1.54, 1.807) is 24.0 Å². The lowest BCUT2D eigenvalue weighted by atomic mass is 10.2. The Morgan fingerprint density at radius 3 is 2.31 bits per heavy atom. The second-order valence-electron chi connectivity index (χ2n) is 7.21. The summed E-state index contributed by atoms with van der Waals surface area (Å²) in [6.45, 7) is 7.96. The highest BCUT2D eigenvalue weighted by molar-refractivity contribution is 7.15. The first-order chi connectivity index (χ1) is 13.8. The van der Waals surface area contributed by atoms with Crippen molar-refractivity contribution in [1.29, 1.82) is 0 Å². The lowest BCUT2D eigenvalue weighted by Gasteiger charge is -2.36. The number of nitrogens with zero attached hydrogens (tertiary/aromatic N) is 4. The van der Waals surface area contributed by atoms with Gasteiger partial charge in [-0.15, -0.1) is 10.2 Å². The summed E-state index contributed by atoms with van der Waals surface area (Å²) in [5, 5.41) is 14.7. The SMILES string of the molecule is CC(NC(=O)N1CCN(c2ccc(F)cc2)CC1)C(=O)Nc1nnc(C(C)C)s1. The van der Waals surface area contributed by atoms with Gasteiger partial charge in [0.25, 0.3) is 0 Å². The van der Waals surface area contributed by atoms with Crippen LogP contribution in [0.1, 0.15) is 31.7 Å². The summed E-state index contributed by atoms with van der Waals surface area (Å²) in [6.07, 6.45) is 0. The Kier molecular flexibility index (Phi) is 6.63. The van der Waals surface area contributed by atoms with Crippen LogP contribution in [-0.2, 0) is 4.79 Å². The van der Waals surface area contributed by atoms with Crippen molar-refractivity contribution in [2.45, 2.75) is 32.7 Å². The number of halogens is 1. The average molecular weight is 421 g/mol. The summed E-state index contributed by atoms with van der Waals surface area (Å²) >= 11 is 1.33. The van der Waals surface area contributed by atoms with Crippen molar-refractivity contribution in [3.63, 3.8) is 0 Å². The van der Waals surface area contributed by atoms with Crippen LogP contribution in [0.5, 0.6) is 0 Å². The van der Waals surface area contributed by atoms with Crippen LogP contribution in [0.25, 0.3) is 0 Å². The number of urea groups is 1. The van der Waals surface area contributed by atoms with Gasteiger partial charge in [0.05, 0.1) is 0 Å². The predicted molar refractivity (Wildman–Crippen MR) is 111 cm³/mol. The molecule has 1 fully saturated rings. The summed E-state index contributed by atoms with van der Waals surface area (Å²) < 4.78 is 13.1. The molecule has 0 saturated carbocycles. The van der Waals surface area contributed by atoms with Gasteiger partial charge in [-0.3, -0.25) is 10.1 Å². The second kappa shape index (κ2) is 9.17. The number of benzene rings is 1. The predicted octanol–water partition coefficient (Wildman–Crippen LogP) is 2.66. The third-order valence-electron chi connectivity index (χ3n) is 4.66. The van der Waals surface area contributed by atoms with Gasteiger partial charge in [-0.1, -0.05) is 25.2 Å². The maximum Gasteiger partial charge on any atom is 0.318 e. The smallest absolute Gasteiger partial charge is 0.318 e. The molecule has 2 aromatic rings. The molecule has 3 amide bonds. The van der Waals surface area contributed by atoms with Crippen molar-refractivity contribution in [2.75, 3.05) is 36.4 Å². The van der Waals surface area contributed by atoms with Crippen molar-refractivity contribution >= 4 is 34.1 Å². The number of piperazine rings is 1. The maximum absolute atomic E-state index is 13.1. The number of carbonyl (C=O) groups excluding carboxylic acids is 2. The molecular formula is C19H25FN6O2S. The van der Waals surface area contributed by atoms with Gasteiger partial charge in [0.1, 0.15) is 16.9 Å². The molecule has 10 heteroatoms. The van der Waals surface area contributed by atoms with Crippen molar-refractivity contribution < 1.29 is 14.0 Å². The molecule has 1 aliphatic rings. The lowest BCUT2D eigenvalue weighted by Crippen LogP contribution is -2.54. The first-order valence-electron chi connectivity index (χ1n) is 9.53. The highest BCUT2D eigenvalue weighted by Gasteiger charge is 2.24. The van der Waals surface area contributed by atoms with Crippen LogP contribution >= 0.6 is 11.3 Å². The Morgan fingerprint density at radius 1 is 1.07 bits per heavy atom. The fraction of sp³-hybridized carbons (Fsp3) is 0.474. The minimum atomic E-state index is -0.705. The van der Waals surface area contributed by atoms with E-state index in [9.17, 15) is 14.0 Å². The van der Waals surface area contributed by atoms with Gasteiger partial charge >= 0.3 is 6.03 Å². The van der Waals surface area contributed by atoms with Crippen LogP contribution in [0.3, 0.4) is 0 Å². The van der Waals surface area contributed by atoms with Crippen LogP contribution in [-0.4, -0.2) is 59.3 Å². The molecule has 156 valence electrons. The molecule has 1 atom stereocenters. The molecule has 1 aromatic carbocycles. The number of hydrogen-bond acceptors (Lipinski definition) is 6. The quantitative estimate of drug-likeness (QED) is 0.776. The van der Waals surface area contributed by atoms with Crippen molar-refractivity contribution in [3.8, 4) is 0 Å². The van der Waals surface area contributed by atoms with Gasteiger partial charge in [-0.2, -0.15) is 0 Å². The zero-order valence-electron chi connectivity index (χ0n) is 16.7. The van der Waals surface area contributed by atoms with Crippen LogP contribution < -0.4 is 15.5 Å². The molecule has 0 spiro atoms. The van der Waals surface area contributed by atoms with Crippen molar-refractivity contribution in [2.24, 2.45) is 0 Å². The van der Waals surface area contributed by atoms with Crippen LogP contribution in [0.4, 0.5) is 20.0 Å². The largest absolute Gasteiger partial charge is 0.368 e. The summed E-state index contributed by atoms with van der Waals surface area (Å²) in [5.74, 6) is -0.369. The lowest BCUT2D eigenvalue weighted by molar-refractivity contribution is -0.117. The monoisotopic (exact) mass is 420 g/mol. The summed E-state index contributed by atoms with van der Waals surface area (Å²) in [4.78, 5) is 28.6. The summed E-state index contributed by atoms with van der Waals surface area (Å²) in [5.41, 5.74) is 0.928. The van der Waals surface area contributed by atoms with Crippen molar-refractivity contribution in [1.82, 2.24) is 20.4 Å². The average Bonchev–Trinajstić information content (AvgIpc) is 3.17. The molecule has 0 aliphatic carbocycles. The van der Waals surface area contributed by atoms with Crippen molar-refractivity contribution in [3.05, 3.63) is 35.1 Å².